The number of primary amides is 1. The van der Waals surface area contributed by atoms with Gasteiger partial charge in [-0.2, -0.15) is 5.26 Å². The van der Waals surface area contributed by atoms with E-state index in [1.54, 1.807) is 16.8 Å². The van der Waals surface area contributed by atoms with Crippen molar-refractivity contribution in [1.29, 1.82) is 5.26 Å². The van der Waals surface area contributed by atoms with Crippen molar-refractivity contribution >= 4 is 5.91 Å². The van der Waals surface area contributed by atoms with Gasteiger partial charge >= 0.3 is 0 Å². The average molecular weight is 364 g/mol. The van der Waals surface area contributed by atoms with Crippen molar-refractivity contribution < 1.29 is 4.79 Å². The molecule has 2 heterocycles. The van der Waals surface area contributed by atoms with Gasteiger partial charge in [0.2, 0.25) is 5.91 Å². The lowest BCUT2D eigenvalue weighted by molar-refractivity contribution is -0.119. The van der Waals surface area contributed by atoms with Gasteiger partial charge in [0, 0.05) is 19.5 Å². The van der Waals surface area contributed by atoms with Crippen molar-refractivity contribution in [3.63, 3.8) is 0 Å². The third kappa shape index (κ3) is 4.17. The van der Waals surface area contributed by atoms with Gasteiger partial charge in [0.25, 0.3) is 0 Å². The highest BCUT2D eigenvalue weighted by molar-refractivity contribution is 5.74. The van der Waals surface area contributed by atoms with Crippen molar-refractivity contribution in [2.75, 3.05) is 13.1 Å². The number of aromatic nitrogens is 3. The Morgan fingerprint density at radius 3 is 2.93 bits per heavy atom. The smallest absolute Gasteiger partial charge is 0.217 e. The summed E-state index contributed by atoms with van der Waals surface area (Å²) in [6.07, 6.45) is 6.01. The van der Waals surface area contributed by atoms with E-state index < -0.39 is 0 Å². The zero-order chi connectivity index (χ0) is 18.8. The Kier molecular flexibility index (Phi) is 4.90. The first-order valence-electron chi connectivity index (χ1n) is 9.55. The fourth-order valence-electron chi connectivity index (χ4n) is 4.26. The number of hydrogen-bond donors (Lipinski definition) is 1. The molecule has 7 heteroatoms. The zero-order valence-corrected chi connectivity index (χ0v) is 15.3. The summed E-state index contributed by atoms with van der Waals surface area (Å²) in [5.74, 6) is 1.56. The molecule has 4 rings (SSSR count). The normalized spacial score (nSPS) is 23.1. The molecule has 2 N–H and O–H groups in total. The van der Waals surface area contributed by atoms with E-state index in [1.807, 2.05) is 18.3 Å². The van der Waals surface area contributed by atoms with E-state index in [-0.39, 0.29) is 5.91 Å². The molecule has 1 amide bonds. The van der Waals surface area contributed by atoms with Gasteiger partial charge in [-0.1, -0.05) is 11.3 Å². The highest BCUT2D eigenvalue weighted by Gasteiger charge is 2.40. The number of nitrogens with zero attached hydrogens (tertiary/aromatic N) is 5. The van der Waals surface area contributed by atoms with E-state index in [1.165, 1.54) is 12.8 Å². The van der Waals surface area contributed by atoms with Crippen LogP contribution in [-0.4, -0.2) is 38.9 Å². The lowest BCUT2D eigenvalue weighted by Crippen LogP contribution is -2.42. The maximum atomic E-state index is 11.4. The first-order valence-corrected chi connectivity index (χ1v) is 9.55. The van der Waals surface area contributed by atoms with E-state index in [0.717, 1.165) is 43.4 Å². The molecule has 2 aliphatic rings. The fourth-order valence-corrected chi connectivity index (χ4v) is 4.26. The molecule has 27 heavy (non-hydrogen) atoms. The highest BCUT2D eigenvalue weighted by atomic mass is 16.1. The largest absolute Gasteiger partial charge is 0.370 e. The number of amides is 1. The van der Waals surface area contributed by atoms with E-state index >= 15 is 0 Å². The standard InChI is InChI=1S/C20H24N6O/c21-10-14-2-1-3-18(8-14)26-12-17(23-24-26)11-25-7-6-16(9-20(22)27)19(13-25)15-4-5-15/h1-3,8,12,15-16,19H,4-7,9,11,13H2,(H2,22,27)/t16-,19+/m0/s1. The van der Waals surface area contributed by atoms with Crippen molar-refractivity contribution in [2.45, 2.75) is 32.2 Å². The lowest BCUT2D eigenvalue weighted by Gasteiger charge is -2.38. The molecule has 0 radical (unpaired) electrons. The summed E-state index contributed by atoms with van der Waals surface area (Å²) >= 11 is 0. The Bertz CT molecular complexity index is 865. The zero-order valence-electron chi connectivity index (χ0n) is 15.3. The number of nitrogens with two attached hydrogens (primary N) is 1. The van der Waals surface area contributed by atoms with Crippen molar-refractivity contribution in [2.24, 2.45) is 23.5 Å². The highest BCUT2D eigenvalue weighted by Crippen LogP contribution is 2.44. The van der Waals surface area contributed by atoms with Crippen molar-refractivity contribution in [1.82, 2.24) is 19.9 Å². The fraction of sp³-hybridized carbons (Fsp3) is 0.500. The van der Waals surface area contributed by atoms with Crippen LogP contribution in [0.1, 0.15) is 36.9 Å². The molecule has 1 aliphatic carbocycles. The summed E-state index contributed by atoms with van der Waals surface area (Å²) in [4.78, 5) is 13.8. The number of hydrogen-bond acceptors (Lipinski definition) is 5. The molecule has 1 saturated carbocycles. The summed E-state index contributed by atoms with van der Waals surface area (Å²) in [6.45, 7) is 2.71. The van der Waals surface area contributed by atoms with Crippen LogP contribution in [0.5, 0.6) is 0 Å². The van der Waals surface area contributed by atoms with Gasteiger partial charge in [0.15, 0.2) is 0 Å². The van der Waals surface area contributed by atoms with E-state index in [0.29, 0.717) is 23.8 Å². The minimum atomic E-state index is -0.179. The molecule has 1 saturated heterocycles. The molecule has 2 fully saturated rings. The lowest BCUT2D eigenvalue weighted by atomic mass is 9.80. The number of piperidine rings is 1. The molecule has 0 spiro atoms. The van der Waals surface area contributed by atoms with Crippen LogP contribution in [0.4, 0.5) is 0 Å². The first kappa shape index (κ1) is 17.7. The van der Waals surface area contributed by atoms with Crippen LogP contribution < -0.4 is 5.73 Å². The van der Waals surface area contributed by atoms with Gasteiger partial charge < -0.3 is 5.73 Å². The Morgan fingerprint density at radius 1 is 1.33 bits per heavy atom. The molecule has 7 nitrogen and oxygen atoms in total. The minimum absolute atomic E-state index is 0.179. The molecule has 1 aromatic heterocycles. The van der Waals surface area contributed by atoms with Gasteiger partial charge in [-0.3, -0.25) is 9.69 Å². The predicted molar refractivity (Wildman–Crippen MR) is 99.5 cm³/mol. The number of nitriles is 1. The summed E-state index contributed by atoms with van der Waals surface area (Å²) < 4.78 is 1.72. The molecular weight excluding hydrogens is 340 g/mol. The quantitative estimate of drug-likeness (QED) is 0.843. The van der Waals surface area contributed by atoms with Crippen LogP contribution in [0.3, 0.4) is 0 Å². The van der Waals surface area contributed by atoms with Gasteiger partial charge in [-0.15, -0.1) is 5.10 Å². The molecule has 1 aliphatic heterocycles. The second-order valence-electron chi connectivity index (χ2n) is 7.77. The van der Waals surface area contributed by atoms with E-state index in [2.05, 4.69) is 21.3 Å². The average Bonchev–Trinajstić information content (AvgIpc) is 3.41. The topological polar surface area (TPSA) is 101 Å². The Labute approximate surface area is 158 Å². The summed E-state index contributed by atoms with van der Waals surface area (Å²) in [5.41, 5.74) is 7.81. The third-order valence-electron chi connectivity index (χ3n) is 5.75. The Hall–Kier alpha value is -2.72. The Morgan fingerprint density at radius 2 is 2.19 bits per heavy atom. The molecule has 2 atom stereocenters. The molecule has 2 aromatic rings. The van der Waals surface area contributed by atoms with E-state index in [9.17, 15) is 4.79 Å². The first-order chi connectivity index (χ1) is 13.1. The maximum absolute atomic E-state index is 11.4. The van der Waals surface area contributed by atoms with Crippen LogP contribution >= 0.6 is 0 Å². The number of likely N-dealkylation sites (tertiary alicyclic amines) is 1. The van der Waals surface area contributed by atoms with Crippen LogP contribution in [0, 0.1) is 29.1 Å². The van der Waals surface area contributed by atoms with Crippen molar-refractivity contribution in [3.8, 4) is 11.8 Å². The van der Waals surface area contributed by atoms with E-state index in [4.69, 9.17) is 11.0 Å². The monoisotopic (exact) mass is 364 g/mol. The second-order valence-corrected chi connectivity index (χ2v) is 7.77. The summed E-state index contributed by atoms with van der Waals surface area (Å²) in [5, 5.41) is 17.6. The number of rotatable bonds is 6. The summed E-state index contributed by atoms with van der Waals surface area (Å²) in [7, 11) is 0. The van der Waals surface area contributed by atoms with Crippen molar-refractivity contribution in [3.05, 3.63) is 41.7 Å². The van der Waals surface area contributed by atoms with Crippen LogP contribution in [-0.2, 0) is 11.3 Å². The number of benzene rings is 1. The predicted octanol–water partition coefficient (Wildman–Crippen LogP) is 1.86. The SMILES string of the molecule is N#Cc1cccc(-n2cc(CN3CC[C@@H](CC(N)=O)[C@@H](C4CC4)C3)nn2)c1. The number of carbonyl (C=O) groups is 1. The molecule has 0 unspecified atom stereocenters. The van der Waals surface area contributed by atoms with Gasteiger partial charge in [0.05, 0.1) is 29.2 Å². The number of carbonyl (C=O) groups excluding carboxylic acids is 1. The van der Waals surface area contributed by atoms with Gasteiger partial charge in [-0.25, -0.2) is 4.68 Å². The van der Waals surface area contributed by atoms with Gasteiger partial charge in [-0.05, 0) is 61.8 Å². The van der Waals surface area contributed by atoms with Gasteiger partial charge in [0.1, 0.15) is 0 Å². The summed E-state index contributed by atoms with van der Waals surface area (Å²) in [6, 6.07) is 9.48. The molecule has 1 aromatic carbocycles. The molecule has 0 bridgehead atoms. The molecule has 140 valence electrons. The van der Waals surface area contributed by atoms with Crippen LogP contribution in [0.15, 0.2) is 30.5 Å². The maximum Gasteiger partial charge on any atom is 0.217 e. The molecular formula is C20H24N6O. The van der Waals surface area contributed by atoms with Crippen LogP contribution in [0.2, 0.25) is 0 Å². The minimum Gasteiger partial charge on any atom is -0.370 e. The Balaban J connectivity index is 1.42. The second kappa shape index (κ2) is 7.49. The van der Waals surface area contributed by atoms with Crippen LogP contribution in [0.25, 0.3) is 5.69 Å². The third-order valence-corrected chi connectivity index (χ3v) is 5.75.